The highest BCUT2D eigenvalue weighted by molar-refractivity contribution is 6.32. The van der Waals surface area contributed by atoms with Crippen LogP contribution in [0.2, 0.25) is 5.02 Å². The van der Waals surface area contributed by atoms with Crippen LogP contribution >= 0.6 is 11.6 Å². The molecular formula is C16H25ClN4O. The molecule has 1 aromatic carbocycles. The zero-order valence-corrected chi connectivity index (χ0v) is 14.1. The van der Waals surface area contributed by atoms with E-state index in [1.165, 1.54) is 25.9 Å². The van der Waals surface area contributed by atoms with Gasteiger partial charge in [-0.15, -0.1) is 0 Å². The van der Waals surface area contributed by atoms with Crippen molar-refractivity contribution in [1.82, 2.24) is 4.90 Å². The van der Waals surface area contributed by atoms with Gasteiger partial charge in [-0.05, 0) is 50.0 Å². The van der Waals surface area contributed by atoms with Crippen LogP contribution in [0.15, 0.2) is 23.2 Å². The SMILES string of the molecule is CCCN1CCC(CN=C(N)Nc2ccc(OC)c(Cl)c2)C1. The third kappa shape index (κ3) is 4.78. The van der Waals surface area contributed by atoms with E-state index in [1.807, 2.05) is 6.07 Å². The Kier molecular flexibility index (Phi) is 6.34. The molecule has 5 nitrogen and oxygen atoms in total. The van der Waals surface area contributed by atoms with E-state index < -0.39 is 0 Å². The summed E-state index contributed by atoms with van der Waals surface area (Å²) in [4.78, 5) is 6.94. The minimum absolute atomic E-state index is 0.426. The van der Waals surface area contributed by atoms with Gasteiger partial charge in [0.15, 0.2) is 5.96 Å². The fourth-order valence-corrected chi connectivity index (χ4v) is 3.00. The number of nitrogens with two attached hydrogens (primary N) is 1. The smallest absolute Gasteiger partial charge is 0.193 e. The van der Waals surface area contributed by atoms with Crippen molar-refractivity contribution in [2.75, 3.05) is 38.6 Å². The fourth-order valence-electron chi connectivity index (χ4n) is 2.74. The summed E-state index contributed by atoms with van der Waals surface area (Å²) in [7, 11) is 1.59. The number of hydrogen-bond acceptors (Lipinski definition) is 3. The predicted octanol–water partition coefficient (Wildman–Crippen LogP) is 2.81. The lowest BCUT2D eigenvalue weighted by molar-refractivity contribution is 0.326. The number of likely N-dealkylation sites (tertiary alicyclic amines) is 1. The Balaban J connectivity index is 1.84. The molecule has 1 unspecified atom stereocenters. The zero-order chi connectivity index (χ0) is 15.9. The van der Waals surface area contributed by atoms with Gasteiger partial charge in [0.25, 0.3) is 0 Å². The molecule has 122 valence electrons. The minimum atomic E-state index is 0.426. The van der Waals surface area contributed by atoms with Gasteiger partial charge >= 0.3 is 0 Å². The molecule has 22 heavy (non-hydrogen) atoms. The molecule has 0 aromatic heterocycles. The number of nitrogens with one attached hydrogen (secondary N) is 1. The normalized spacial score (nSPS) is 19.4. The summed E-state index contributed by atoms with van der Waals surface area (Å²) in [6, 6.07) is 5.45. The van der Waals surface area contributed by atoms with Crippen molar-refractivity contribution >= 4 is 23.2 Å². The monoisotopic (exact) mass is 324 g/mol. The Labute approximate surface area is 137 Å². The molecule has 0 amide bonds. The van der Waals surface area contributed by atoms with Crippen molar-refractivity contribution in [2.24, 2.45) is 16.6 Å². The van der Waals surface area contributed by atoms with Crippen molar-refractivity contribution in [2.45, 2.75) is 19.8 Å². The highest BCUT2D eigenvalue weighted by Crippen LogP contribution is 2.27. The fraction of sp³-hybridized carbons (Fsp3) is 0.562. The van der Waals surface area contributed by atoms with E-state index in [1.54, 1.807) is 19.2 Å². The average molecular weight is 325 g/mol. The van der Waals surface area contributed by atoms with Crippen LogP contribution in [0.4, 0.5) is 5.69 Å². The first-order valence-corrected chi connectivity index (χ1v) is 8.13. The molecule has 1 saturated heterocycles. The summed E-state index contributed by atoms with van der Waals surface area (Å²) in [6.45, 7) is 6.46. The van der Waals surface area contributed by atoms with Gasteiger partial charge in [0.05, 0.1) is 12.1 Å². The summed E-state index contributed by atoms with van der Waals surface area (Å²) >= 11 is 6.09. The van der Waals surface area contributed by atoms with Gasteiger partial charge in [0, 0.05) is 18.8 Å². The lowest BCUT2D eigenvalue weighted by atomic mass is 10.1. The Hall–Kier alpha value is -1.46. The standard InChI is InChI=1S/C16H25ClN4O/c1-3-7-21-8-6-12(11-21)10-19-16(18)20-13-4-5-15(22-2)14(17)9-13/h4-5,9,12H,3,6-8,10-11H2,1-2H3,(H3,18,19,20). The molecule has 0 saturated carbocycles. The summed E-state index contributed by atoms with van der Waals surface area (Å²) in [5, 5.41) is 3.62. The Morgan fingerprint density at radius 1 is 1.55 bits per heavy atom. The molecule has 1 aliphatic rings. The number of aliphatic imine (C=N–C) groups is 1. The number of anilines is 1. The Bertz CT molecular complexity index is 521. The molecule has 0 aliphatic carbocycles. The third-order valence-corrected chi connectivity index (χ3v) is 4.15. The first-order chi connectivity index (χ1) is 10.6. The lowest BCUT2D eigenvalue weighted by Crippen LogP contribution is -2.25. The van der Waals surface area contributed by atoms with Crippen molar-refractivity contribution < 1.29 is 4.74 Å². The van der Waals surface area contributed by atoms with Gasteiger partial charge in [-0.25, -0.2) is 0 Å². The molecule has 0 radical (unpaired) electrons. The van der Waals surface area contributed by atoms with Crippen LogP contribution in [0.3, 0.4) is 0 Å². The molecule has 1 aliphatic heterocycles. The first kappa shape index (κ1) is 16.9. The van der Waals surface area contributed by atoms with Gasteiger partial charge in [-0.2, -0.15) is 0 Å². The number of nitrogens with zero attached hydrogens (tertiary/aromatic N) is 2. The van der Waals surface area contributed by atoms with Crippen molar-refractivity contribution in [3.63, 3.8) is 0 Å². The number of benzene rings is 1. The molecule has 0 bridgehead atoms. The minimum Gasteiger partial charge on any atom is -0.495 e. The second-order valence-electron chi connectivity index (χ2n) is 5.66. The number of halogens is 1. The van der Waals surface area contributed by atoms with Crippen LogP contribution < -0.4 is 15.8 Å². The van der Waals surface area contributed by atoms with Crippen LogP contribution in [-0.4, -0.2) is 44.1 Å². The molecule has 1 atom stereocenters. The van der Waals surface area contributed by atoms with Crippen molar-refractivity contribution in [1.29, 1.82) is 0 Å². The molecular weight excluding hydrogens is 300 g/mol. The molecule has 6 heteroatoms. The average Bonchev–Trinajstić information content (AvgIpc) is 2.93. The molecule has 3 N–H and O–H groups in total. The van der Waals surface area contributed by atoms with E-state index in [2.05, 4.69) is 22.1 Å². The summed E-state index contributed by atoms with van der Waals surface area (Å²) < 4.78 is 5.12. The van der Waals surface area contributed by atoms with Crippen molar-refractivity contribution in [3.05, 3.63) is 23.2 Å². The Morgan fingerprint density at radius 3 is 3.05 bits per heavy atom. The number of rotatable bonds is 6. The van der Waals surface area contributed by atoms with Crippen molar-refractivity contribution in [3.8, 4) is 5.75 Å². The predicted molar refractivity (Wildman–Crippen MR) is 93.0 cm³/mol. The quantitative estimate of drug-likeness (QED) is 0.624. The molecule has 1 heterocycles. The maximum Gasteiger partial charge on any atom is 0.193 e. The van der Waals surface area contributed by atoms with E-state index in [0.717, 1.165) is 18.8 Å². The van der Waals surface area contributed by atoms with E-state index in [9.17, 15) is 0 Å². The summed E-state index contributed by atoms with van der Waals surface area (Å²) in [5.74, 6) is 1.67. The summed E-state index contributed by atoms with van der Waals surface area (Å²) in [6.07, 6.45) is 2.41. The number of hydrogen-bond donors (Lipinski definition) is 2. The van der Waals surface area contributed by atoms with Gasteiger partial charge in [0.2, 0.25) is 0 Å². The second-order valence-corrected chi connectivity index (χ2v) is 6.06. The third-order valence-electron chi connectivity index (χ3n) is 3.85. The van der Waals surface area contributed by atoms with Crippen LogP contribution in [0.25, 0.3) is 0 Å². The Morgan fingerprint density at radius 2 is 2.36 bits per heavy atom. The largest absolute Gasteiger partial charge is 0.495 e. The van der Waals surface area contributed by atoms with Gasteiger partial charge in [0.1, 0.15) is 5.75 Å². The topological polar surface area (TPSA) is 62.9 Å². The number of guanidine groups is 1. The number of ether oxygens (including phenoxy) is 1. The van der Waals surface area contributed by atoms with Gasteiger partial charge < -0.3 is 20.7 Å². The molecule has 1 fully saturated rings. The molecule has 1 aromatic rings. The van der Waals surface area contributed by atoms with E-state index in [-0.39, 0.29) is 0 Å². The van der Waals surface area contributed by atoms with Crippen LogP contribution in [0.5, 0.6) is 5.75 Å². The maximum atomic E-state index is 6.09. The van der Waals surface area contributed by atoms with Gasteiger partial charge in [-0.1, -0.05) is 18.5 Å². The highest BCUT2D eigenvalue weighted by atomic mass is 35.5. The van der Waals surface area contributed by atoms with E-state index in [4.69, 9.17) is 22.1 Å². The first-order valence-electron chi connectivity index (χ1n) is 7.75. The highest BCUT2D eigenvalue weighted by Gasteiger charge is 2.21. The second kappa shape index (κ2) is 8.25. The summed E-state index contributed by atoms with van der Waals surface area (Å²) in [5.41, 5.74) is 6.76. The van der Waals surface area contributed by atoms with Gasteiger partial charge in [-0.3, -0.25) is 4.99 Å². The van der Waals surface area contributed by atoms with E-state index >= 15 is 0 Å². The van der Waals surface area contributed by atoms with Crippen LogP contribution in [0.1, 0.15) is 19.8 Å². The number of methoxy groups -OCH3 is 1. The molecule has 0 spiro atoms. The van der Waals surface area contributed by atoms with E-state index in [0.29, 0.717) is 22.6 Å². The van der Waals surface area contributed by atoms with Crippen LogP contribution in [0, 0.1) is 5.92 Å². The lowest BCUT2D eigenvalue weighted by Gasteiger charge is -2.14. The maximum absolute atomic E-state index is 6.09. The molecule has 2 rings (SSSR count). The van der Waals surface area contributed by atoms with Crippen LogP contribution in [-0.2, 0) is 0 Å². The zero-order valence-electron chi connectivity index (χ0n) is 13.3.